The average molecular weight is 1010 g/mol. The number of aliphatic hydroxyl groups excluding tert-OH is 2. The Kier molecular flexibility index (Phi) is 13.8. The smallest absolute Gasteiger partial charge is 0.329 e. The van der Waals surface area contributed by atoms with Gasteiger partial charge in [0, 0.05) is 44.7 Å². The summed E-state index contributed by atoms with van der Waals surface area (Å²) >= 11 is 0. The predicted molar refractivity (Wildman–Crippen MR) is 277 cm³/mol. The molecule has 4 amide bonds. The van der Waals surface area contributed by atoms with Crippen LogP contribution in [0.25, 0.3) is 0 Å². The number of hydrogen-bond donors (Lipinski definition) is 3. The van der Waals surface area contributed by atoms with Gasteiger partial charge in [-0.25, -0.2) is 9.69 Å². The summed E-state index contributed by atoms with van der Waals surface area (Å²) in [5, 5.41) is 22.5. The van der Waals surface area contributed by atoms with Gasteiger partial charge in [-0.2, -0.15) is 0 Å². The number of urea groups is 1. The van der Waals surface area contributed by atoms with Crippen molar-refractivity contribution in [1.29, 1.82) is 0 Å². The maximum absolute atomic E-state index is 16.9. The highest BCUT2D eigenvalue weighted by molar-refractivity contribution is 6.24. The molecular weight excluding hydrogens is 951 g/mol. The number of esters is 1. The molecule has 1 spiro atoms. The quantitative estimate of drug-likeness (QED) is 0.0849. The van der Waals surface area contributed by atoms with Gasteiger partial charge in [0.1, 0.15) is 29.9 Å². The summed E-state index contributed by atoms with van der Waals surface area (Å²) in [4.78, 5) is 71.4. The zero-order valence-corrected chi connectivity index (χ0v) is 41.4. The number of morpholine rings is 1. The van der Waals surface area contributed by atoms with E-state index in [1.807, 2.05) is 133 Å². The number of rotatable bonds is 12. The van der Waals surface area contributed by atoms with Crippen LogP contribution in [0.3, 0.4) is 0 Å². The molecule has 6 aromatic carbocycles. The Hall–Kier alpha value is -8.00. The number of carbonyl (C=O) groups excluding carboxylic acids is 4. The molecule has 382 valence electrons. The third-order valence-electron chi connectivity index (χ3n) is 15.1. The Morgan fingerprint density at radius 3 is 2.16 bits per heavy atom. The van der Waals surface area contributed by atoms with Gasteiger partial charge in [-0.3, -0.25) is 24.2 Å². The molecule has 0 saturated carbocycles. The number of ether oxygens (including phenoxy) is 4. The number of fused-ring (bicyclic) bond motifs is 4. The highest BCUT2D eigenvalue weighted by atomic mass is 16.7. The number of imide groups is 1. The van der Waals surface area contributed by atoms with Crippen molar-refractivity contribution in [2.75, 3.05) is 57.7 Å². The molecule has 0 radical (unpaired) electrons. The summed E-state index contributed by atoms with van der Waals surface area (Å²) in [5.74, 6) is 4.74. The largest absolute Gasteiger partial charge is 0.491 e. The van der Waals surface area contributed by atoms with Crippen molar-refractivity contribution < 1.29 is 48.3 Å². The van der Waals surface area contributed by atoms with Crippen LogP contribution in [-0.4, -0.2) is 108 Å². The van der Waals surface area contributed by atoms with Gasteiger partial charge in [-0.05, 0) is 82.8 Å². The second-order valence-corrected chi connectivity index (χ2v) is 19.4. The fraction of sp³-hybridized carbons (Fsp3) is 0.300. The molecule has 11 rings (SSSR count). The first-order valence-corrected chi connectivity index (χ1v) is 25.4. The van der Waals surface area contributed by atoms with E-state index in [2.05, 4.69) is 22.1 Å². The Labute approximate surface area is 435 Å². The number of nitrogens with one attached hydrogen (secondary N) is 1. The summed E-state index contributed by atoms with van der Waals surface area (Å²) in [6.07, 6.45) is -0.723. The van der Waals surface area contributed by atoms with Crippen molar-refractivity contribution >= 4 is 29.5 Å². The zero-order chi connectivity index (χ0) is 51.6. The molecule has 3 saturated heterocycles. The Balaban J connectivity index is 1.11. The standard InChI is InChI=1S/C60H57N5O10/c1-39(42-14-5-2-6-15-42)61-59(71)64-48-26-20-40(13-11-12-32-66)35-47(48)60(58(64)70)51(56(68)63-30-28-62(29-31-63)37-41-21-27-49-50(36-41)74-38-73-49)53-57(69)75-54(44-18-9-4-10-19-44)52(43-16-7-3-8-17-43)65(53)55(60)45-22-24-46(25-23-45)72-34-33-67/h2-10,14-27,35-36,39,51-55,66-67H,12,28-34,37-38H2,1H3,(H,61,71)/t39-,51+,52+,53+,54-,55-,60+/m1/s1. The van der Waals surface area contributed by atoms with Crippen LogP contribution in [0.2, 0.25) is 0 Å². The van der Waals surface area contributed by atoms with Crippen molar-refractivity contribution in [2.24, 2.45) is 5.92 Å². The molecule has 5 aliphatic heterocycles. The van der Waals surface area contributed by atoms with E-state index in [1.54, 1.807) is 35.2 Å². The van der Waals surface area contributed by atoms with Gasteiger partial charge in [-0.15, -0.1) is 0 Å². The van der Waals surface area contributed by atoms with E-state index in [-0.39, 0.29) is 51.8 Å². The minimum Gasteiger partial charge on any atom is -0.491 e. The van der Waals surface area contributed by atoms with Gasteiger partial charge in [0.05, 0.1) is 42.9 Å². The first-order valence-electron chi connectivity index (χ1n) is 25.4. The van der Waals surface area contributed by atoms with Gasteiger partial charge in [-0.1, -0.05) is 121 Å². The minimum absolute atomic E-state index is 0.0412. The second kappa shape index (κ2) is 21.1. The first kappa shape index (κ1) is 49.2. The van der Waals surface area contributed by atoms with E-state index in [0.29, 0.717) is 59.1 Å². The number of nitrogens with zero attached hydrogens (tertiary/aromatic N) is 4. The lowest BCUT2D eigenvalue weighted by Gasteiger charge is -2.46. The maximum Gasteiger partial charge on any atom is 0.329 e. The normalized spacial score (nSPS) is 23.2. The van der Waals surface area contributed by atoms with Crippen LogP contribution >= 0.6 is 0 Å². The van der Waals surface area contributed by atoms with Gasteiger partial charge in [0.2, 0.25) is 18.6 Å². The Morgan fingerprint density at radius 1 is 0.760 bits per heavy atom. The summed E-state index contributed by atoms with van der Waals surface area (Å²) in [6.45, 7) is 3.79. The van der Waals surface area contributed by atoms with Gasteiger partial charge in [0.15, 0.2) is 11.5 Å². The molecule has 0 unspecified atom stereocenters. The monoisotopic (exact) mass is 1010 g/mol. The van der Waals surface area contributed by atoms with Crippen molar-refractivity contribution in [3.63, 3.8) is 0 Å². The SMILES string of the molecule is C[C@@H](NC(=O)N1C(=O)[C@@]2(c3cc(C#CCCO)ccc31)[C@H](C(=O)N1CCN(Cc3ccc4c(c3)OCO4)CC1)[C@H]1C(=O)O[C@H](c3ccccc3)[C@H](c3ccccc3)N1[C@@H]2c1ccc(OCCO)cc1)c1ccccc1. The van der Waals surface area contributed by atoms with Crippen molar-refractivity contribution in [2.45, 2.75) is 55.6 Å². The molecule has 75 heavy (non-hydrogen) atoms. The van der Waals surface area contributed by atoms with Crippen LogP contribution in [0, 0.1) is 17.8 Å². The van der Waals surface area contributed by atoms with E-state index in [9.17, 15) is 10.2 Å². The average Bonchev–Trinajstić information content (AvgIpc) is 4.22. The molecule has 15 nitrogen and oxygen atoms in total. The summed E-state index contributed by atoms with van der Waals surface area (Å²) < 4.78 is 23.8. The lowest BCUT2D eigenvalue weighted by Crippen LogP contribution is -2.59. The lowest BCUT2D eigenvalue weighted by atomic mass is 9.64. The van der Waals surface area contributed by atoms with Crippen molar-refractivity contribution in [1.82, 2.24) is 20.0 Å². The number of piperazine rings is 1. The number of hydrogen-bond acceptors (Lipinski definition) is 12. The highest BCUT2D eigenvalue weighted by Gasteiger charge is 2.76. The lowest BCUT2D eigenvalue weighted by molar-refractivity contribution is -0.179. The predicted octanol–water partition coefficient (Wildman–Crippen LogP) is 7.00. The van der Waals surface area contributed by atoms with Crippen LogP contribution in [-0.2, 0) is 31.1 Å². The second-order valence-electron chi connectivity index (χ2n) is 19.4. The van der Waals surface area contributed by atoms with Gasteiger partial charge >= 0.3 is 12.0 Å². The number of anilines is 1. The molecule has 0 bridgehead atoms. The molecule has 6 aromatic rings. The number of aliphatic hydroxyl groups is 2. The number of amides is 4. The molecule has 7 atom stereocenters. The summed E-state index contributed by atoms with van der Waals surface area (Å²) in [7, 11) is 0. The first-order chi connectivity index (χ1) is 36.7. The summed E-state index contributed by atoms with van der Waals surface area (Å²) in [5.41, 5.74) is 2.98. The van der Waals surface area contributed by atoms with Crippen LogP contribution < -0.4 is 24.4 Å². The minimum atomic E-state index is -1.99. The molecule has 5 aliphatic rings. The van der Waals surface area contributed by atoms with Crippen molar-refractivity contribution in [3.8, 4) is 29.1 Å². The Morgan fingerprint density at radius 2 is 1.45 bits per heavy atom. The molecule has 0 aliphatic carbocycles. The highest BCUT2D eigenvalue weighted by Crippen LogP contribution is 2.66. The van der Waals surface area contributed by atoms with Gasteiger partial charge in [0.25, 0.3) is 0 Å². The van der Waals surface area contributed by atoms with Crippen molar-refractivity contribution in [3.05, 3.63) is 191 Å². The van der Waals surface area contributed by atoms with E-state index in [1.165, 1.54) is 0 Å². The fourth-order valence-corrected chi connectivity index (χ4v) is 11.8. The zero-order valence-electron chi connectivity index (χ0n) is 41.4. The van der Waals surface area contributed by atoms with Gasteiger partial charge < -0.3 is 39.4 Å². The molecule has 15 heteroatoms. The van der Waals surface area contributed by atoms with E-state index in [0.717, 1.165) is 21.6 Å². The van der Waals surface area contributed by atoms with Crippen LogP contribution in [0.1, 0.15) is 76.5 Å². The number of benzene rings is 6. The van der Waals surface area contributed by atoms with Crippen LogP contribution in [0.4, 0.5) is 10.5 Å². The fourth-order valence-electron chi connectivity index (χ4n) is 11.8. The molecule has 3 N–H and O–H groups in total. The van der Waals surface area contributed by atoms with Crippen LogP contribution in [0.15, 0.2) is 152 Å². The molecule has 0 aromatic heterocycles. The van der Waals surface area contributed by atoms with E-state index >= 15 is 19.2 Å². The maximum atomic E-state index is 16.9. The number of cyclic esters (lactones) is 1. The summed E-state index contributed by atoms with van der Waals surface area (Å²) in [6, 6.07) is 42.3. The molecule has 5 heterocycles. The third kappa shape index (κ3) is 9.03. The van der Waals surface area contributed by atoms with Crippen LogP contribution in [0.5, 0.6) is 17.2 Å². The molecule has 3 fully saturated rings. The number of carbonyl (C=O) groups is 4. The topological polar surface area (TPSA) is 171 Å². The third-order valence-corrected chi connectivity index (χ3v) is 15.1. The molecular formula is C60H57N5O10. The van der Waals surface area contributed by atoms with E-state index < -0.39 is 65.4 Å². The van der Waals surface area contributed by atoms with E-state index in [4.69, 9.17) is 18.9 Å². The Bertz CT molecular complexity index is 3140.